The van der Waals surface area contributed by atoms with Crippen molar-refractivity contribution in [2.75, 3.05) is 0 Å². The molecule has 6 nitrogen and oxygen atoms in total. The monoisotopic (exact) mass is 278 g/mol. The molecular formula is C14H18N2O4. The zero-order chi connectivity index (χ0) is 14.7. The van der Waals surface area contributed by atoms with E-state index in [1.54, 1.807) is 0 Å². The van der Waals surface area contributed by atoms with Crippen LogP contribution in [0.5, 0.6) is 0 Å². The van der Waals surface area contributed by atoms with Crippen LogP contribution in [-0.4, -0.2) is 33.8 Å². The van der Waals surface area contributed by atoms with Crippen molar-refractivity contribution in [3.8, 4) is 0 Å². The smallest absolute Gasteiger partial charge is 0.308 e. The highest BCUT2D eigenvalue weighted by Crippen LogP contribution is 2.25. The van der Waals surface area contributed by atoms with E-state index in [2.05, 4.69) is 10.3 Å². The van der Waals surface area contributed by atoms with Crippen molar-refractivity contribution in [1.29, 1.82) is 0 Å². The van der Waals surface area contributed by atoms with E-state index in [-0.39, 0.29) is 23.4 Å². The highest BCUT2D eigenvalue weighted by molar-refractivity contribution is 5.99. The van der Waals surface area contributed by atoms with Gasteiger partial charge in [0.15, 0.2) is 5.78 Å². The number of H-pyrrole nitrogens is 1. The van der Waals surface area contributed by atoms with E-state index in [0.717, 1.165) is 12.8 Å². The molecule has 1 aromatic rings. The summed E-state index contributed by atoms with van der Waals surface area (Å²) in [4.78, 5) is 37.2. The van der Waals surface area contributed by atoms with Gasteiger partial charge in [-0.15, -0.1) is 0 Å². The van der Waals surface area contributed by atoms with Crippen LogP contribution in [0.1, 0.15) is 53.5 Å². The number of aliphatic carboxylic acids is 1. The molecule has 1 aromatic heterocycles. The number of aromatic nitrogens is 1. The quantitative estimate of drug-likeness (QED) is 0.728. The SMILES string of the molecule is CC(=O)c1c[nH]c(C(=O)NC2CCCCC2C(=O)O)c1. The lowest BCUT2D eigenvalue weighted by Crippen LogP contribution is -2.45. The van der Waals surface area contributed by atoms with Crippen LogP contribution in [0.15, 0.2) is 12.3 Å². The van der Waals surface area contributed by atoms with E-state index in [1.165, 1.54) is 19.2 Å². The molecule has 0 aromatic carbocycles. The second-order valence-corrected chi connectivity index (χ2v) is 5.17. The molecule has 0 saturated heterocycles. The maximum atomic E-state index is 12.1. The van der Waals surface area contributed by atoms with E-state index >= 15 is 0 Å². The molecule has 6 heteroatoms. The molecule has 1 aliphatic carbocycles. The minimum atomic E-state index is -0.870. The second kappa shape index (κ2) is 5.90. The molecule has 20 heavy (non-hydrogen) atoms. The fourth-order valence-electron chi connectivity index (χ4n) is 2.57. The van der Waals surface area contributed by atoms with Crippen LogP contribution in [0, 0.1) is 5.92 Å². The Morgan fingerprint density at radius 1 is 1.30 bits per heavy atom. The Bertz CT molecular complexity index is 535. The van der Waals surface area contributed by atoms with E-state index in [9.17, 15) is 14.4 Å². The molecule has 1 aliphatic rings. The van der Waals surface area contributed by atoms with Gasteiger partial charge in [-0.2, -0.15) is 0 Å². The van der Waals surface area contributed by atoms with E-state index in [0.29, 0.717) is 18.4 Å². The maximum absolute atomic E-state index is 12.1. The summed E-state index contributed by atoms with van der Waals surface area (Å²) in [5, 5.41) is 11.9. The number of carbonyl (C=O) groups is 3. The van der Waals surface area contributed by atoms with Crippen molar-refractivity contribution >= 4 is 17.7 Å². The van der Waals surface area contributed by atoms with Gasteiger partial charge in [0, 0.05) is 17.8 Å². The molecule has 2 rings (SSSR count). The zero-order valence-corrected chi connectivity index (χ0v) is 11.3. The highest BCUT2D eigenvalue weighted by Gasteiger charge is 2.32. The summed E-state index contributed by atoms with van der Waals surface area (Å²) in [6.07, 6.45) is 4.53. The Kier molecular flexibility index (Phi) is 4.22. The average molecular weight is 278 g/mol. The van der Waals surface area contributed by atoms with Crippen LogP contribution >= 0.6 is 0 Å². The Morgan fingerprint density at radius 3 is 2.60 bits per heavy atom. The van der Waals surface area contributed by atoms with Crippen molar-refractivity contribution in [3.05, 3.63) is 23.5 Å². The lowest BCUT2D eigenvalue weighted by Gasteiger charge is -2.29. The molecule has 0 aliphatic heterocycles. The first-order valence-electron chi connectivity index (χ1n) is 6.72. The van der Waals surface area contributed by atoms with Crippen molar-refractivity contribution in [2.24, 2.45) is 5.92 Å². The molecule has 1 fully saturated rings. The molecule has 0 spiro atoms. The number of carbonyl (C=O) groups excluding carboxylic acids is 2. The number of Topliss-reactive ketones (excluding diaryl/α,β-unsaturated/α-hetero) is 1. The fourth-order valence-corrected chi connectivity index (χ4v) is 2.57. The number of nitrogens with one attached hydrogen (secondary N) is 2. The third kappa shape index (κ3) is 3.07. The van der Waals surface area contributed by atoms with Gasteiger partial charge < -0.3 is 15.4 Å². The number of aromatic amines is 1. The summed E-state index contributed by atoms with van der Waals surface area (Å²) in [5.74, 6) is -1.89. The van der Waals surface area contributed by atoms with Gasteiger partial charge in [0.05, 0.1) is 5.92 Å². The van der Waals surface area contributed by atoms with Crippen LogP contribution in [0.25, 0.3) is 0 Å². The first-order valence-corrected chi connectivity index (χ1v) is 6.72. The summed E-state index contributed by atoms with van der Waals surface area (Å²) in [6, 6.07) is 1.13. The first kappa shape index (κ1) is 14.3. The van der Waals surface area contributed by atoms with Crippen molar-refractivity contribution < 1.29 is 19.5 Å². The van der Waals surface area contributed by atoms with Crippen molar-refractivity contribution in [1.82, 2.24) is 10.3 Å². The Morgan fingerprint density at radius 2 is 2.00 bits per heavy atom. The molecule has 108 valence electrons. The predicted octanol–water partition coefficient (Wildman–Crippen LogP) is 1.59. The summed E-state index contributed by atoms with van der Waals surface area (Å²) in [5.41, 5.74) is 0.721. The first-order chi connectivity index (χ1) is 9.49. The standard InChI is InChI=1S/C14H18N2O4/c1-8(17)9-6-12(15-7-9)13(18)16-11-5-3-2-4-10(11)14(19)20/h6-7,10-11,15H,2-5H2,1H3,(H,16,18)(H,19,20). The Labute approximate surface area is 116 Å². The van der Waals surface area contributed by atoms with Gasteiger partial charge in [-0.05, 0) is 25.8 Å². The molecule has 1 saturated carbocycles. The Hall–Kier alpha value is -2.11. The van der Waals surface area contributed by atoms with Gasteiger partial charge in [-0.1, -0.05) is 12.8 Å². The summed E-state index contributed by atoms with van der Waals surface area (Å²) in [6.45, 7) is 1.42. The highest BCUT2D eigenvalue weighted by atomic mass is 16.4. The number of ketones is 1. The molecule has 2 unspecified atom stereocenters. The number of hydrogen-bond donors (Lipinski definition) is 3. The van der Waals surface area contributed by atoms with Crippen LogP contribution in [0.2, 0.25) is 0 Å². The average Bonchev–Trinajstić information content (AvgIpc) is 2.89. The molecule has 1 amide bonds. The van der Waals surface area contributed by atoms with Gasteiger partial charge in [-0.3, -0.25) is 14.4 Å². The van der Waals surface area contributed by atoms with Gasteiger partial charge in [0.25, 0.3) is 5.91 Å². The second-order valence-electron chi connectivity index (χ2n) is 5.17. The number of hydrogen-bond acceptors (Lipinski definition) is 3. The molecule has 1 heterocycles. The normalized spacial score (nSPS) is 22.2. The largest absolute Gasteiger partial charge is 0.481 e. The van der Waals surface area contributed by atoms with E-state index in [1.807, 2.05) is 0 Å². The van der Waals surface area contributed by atoms with Gasteiger partial charge >= 0.3 is 5.97 Å². The van der Waals surface area contributed by atoms with Crippen LogP contribution in [-0.2, 0) is 4.79 Å². The summed E-state index contributed by atoms with van der Waals surface area (Å²) >= 11 is 0. The number of carboxylic acid groups (broad SMARTS) is 1. The molecule has 2 atom stereocenters. The third-order valence-electron chi connectivity index (χ3n) is 3.73. The topological polar surface area (TPSA) is 99.3 Å². The van der Waals surface area contributed by atoms with Gasteiger partial charge in [0.2, 0.25) is 0 Å². The van der Waals surface area contributed by atoms with Crippen molar-refractivity contribution in [3.63, 3.8) is 0 Å². The number of amides is 1. The number of carboxylic acids is 1. The molecule has 0 bridgehead atoms. The molecular weight excluding hydrogens is 260 g/mol. The predicted molar refractivity (Wildman–Crippen MR) is 71.6 cm³/mol. The maximum Gasteiger partial charge on any atom is 0.308 e. The van der Waals surface area contributed by atoms with E-state index < -0.39 is 11.9 Å². The van der Waals surface area contributed by atoms with Crippen LogP contribution in [0.4, 0.5) is 0 Å². The lowest BCUT2D eigenvalue weighted by molar-refractivity contribution is -0.143. The van der Waals surface area contributed by atoms with E-state index in [4.69, 9.17) is 5.11 Å². The molecule has 3 N–H and O–H groups in total. The zero-order valence-electron chi connectivity index (χ0n) is 11.3. The van der Waals surface area contributed by atoms with Gasteiger partial charge in [-0.25, -0.2) is 0 Å². The molecule has 0 radical (unpaired) electrons. The van der Waals surface area contributed by atoms with Crippen LogP contribution in [0.3, 0.4) is 0 Å². The third-order valence-corrected chi connectivity index (χ3v) is 3.73. The Balaban J connectivity index is 2.05. The summed E-state index contributed by atoms with van der Waals surface area (Å²) in [7, 11) is 0. The lowest BCUT2D eigenvalue weighted by atomic mass is 9.84. The van der Waals surface area contributed by atoms with Crippen LogP contribution < -0.4 is 5.32 Å². The number of rotatable bonds is 4. The van der Waals surface area contributed by atoms with Gasteiger partial charge in [0.1, 0.15) is 5.69 Å². The minimum Gasteiger partial charge on any atom is -0.481 e. The van der Waals surface area contributed by atoms with Crippen molar-refractivity contribution in [2.45, 2.75) is 38.6 Å². The minimum absolute atomic E-state index is 0.124. The fraction of sp³-hybridized carbons (Fsp3) is 0.500. The summed E-state index contributed by atoms with van der Waals surface area (Å²) < 4.78 is 0.